The molecular formula is C27H42O9. The quantitative estimate of drug-likeness (QED) is 0.488. The molecule has 4 aliphatic carbocycles. The third-order valence-electron chi connectivity index (χ3n) is 10.6. The first kappa shape index (κ1) is 26.4. The molecule has 1 heterocycles. The Morgan fingerprint density at radius 2 is 1.81 bits per heavy atom. The van der Waals surface area contributed by atoms with E-state index < -0.39 is 63.9 Å². The summed E-state index contributed by atoms with van der Waals surface area (Å²) >= 11 is 0. The van der Waals surface area contributed by atoms with Crippen molar-refractivity contribution in [1.29, 1.82) is 0 Å². The van der Waals surface area contributed by atoms with Gasteiger partial charge in [-0.1, -0.05) is 6.92 Å². The molecule has 0 amide bonds. The lowest BCUT2D eigenvalue weighted by Crippen LogP contribution is -2.78. The summed E-state index contributed by atoms with van der Waals surface area (Å²) in [5.41, 5.74) is -4.33. The summed E-state index contributed by atoms with van der Waals surface area (Å²) in [7, 11) is 0. The van der Waals surface area contributed by atoms with E-state index in [-0.39, 0.29) is 37.9 Å². The Hall–Kier alpha value is -1.26. The highest BCUT2D eigenvalue weighted by molar-refractivity contribution is 5.74. The Bertz CT molecular complexity index is 921. The van der Waals surface area contributed by atoms with Crippen LogP contribution >= 0.6 is 0 Å². The van der Waals surface area contributed by atoms with Gasteiger partial charge in [0.1, 0.15) is 6.10 Å². The molecule has 36 heavy (non-hydrogen) atoms. The van der Waals surface area contributed by atoms with Crippen molar-refractivity contribution >= 4 is 11.9 Å². The van der Waals surface area contributed by atoms with Crippen molar-refractivity contribution in [2.45, 2.75) is 115 Å². The summed E-state index contributed by atoms with van der Waals surface area (Å²) in [6.07, 6.45) is 0.652. The highest BCUT2D eigenvalue weighted by Crippen LogP contribution is 2.71. The molecule has 4 saturated carbocycles. The zero-order chi connectivity index (χ0) is 26.3. The van der Waals surface area contributed by atoms with Gasteiger partial charge in [0.2, 0.25) is 0 Å². The SMILES string of the molecule is CCOC(=O)[C@@H]1CC[C@]2(O)[C@@H]3CC[C@]4(O)C[C@H](OC(C)=O)C[C@@H]5OC(C)(C)OC[C@@]54[C@H]3[C@H](O)C[C@@]12C. The van der Waals surface area contributed by atoms with Crippen molar-refractivity contribution in [3.8, 4) is 0 Å². The van der Waals surface area contributed by atoms with E-state index in [0.717, 1.165) is 0 Å². The van der Waals surface area contributed by atoms with Gasteiger partial charge >= 0.3 is 11.9 Å². The fourth-order valence-electron chi connectivity index (χ4n) is 9.19. The van der Waals surface area contributed by atoms with Gasteiger partial charge < -0.3 is 34.3 Å². The average Bonchev–Trinajstić information content (AvgIpc) is 3.02. The van der Waals surface area contributed by atoms with Crippen molar-refractivity contribution in [1.82, 2.24) is 0 Å². The second-order valence-corrected chi connectivity index (χ2v) is 12.7. The van der Waals surface area contributed by atoms with Crippen molar-refractivity contribution in [3.05, 3.63) is 0 Å². The zero-order valence-corrected chi connectivity index (χ0v) is 22.1. The number of hydrogen-bond acceptors (Lipinski definition) is 9. The maximum atomic E-state index is 12.9. The monoisotopic (exact) mass is 510 g/mol. The first-order valence-electron chi connectivity index (χ1n) is 13.5. The number of carbonyl (C=O) groups excluding carboxylic acids is 2. The van der Waals surface area contributed by atoms with Gasteiger partial charge in [-0.05, 0) is 58.8 Å². The summed E-state index contributed by atoms with van der Waals surface area (Å²) in [6, 6.07) is 0. The molecular weight excluding hydrogens is 468 g/mol. The van der Waals surface area contributed by atoms with Crippen molar-refractivity contribution < 1.29 is 43.9 Å². The Labute approximate surface area is 212 Å². The number of carbonyl (C=O) groups is 2. The van der Waals surface area contributed by atoms with Gasteiger partial charge in [-0.15, -0.1) is 0 Å². The summed E-state index contributed by atoms with van der Waals surface area (Å²) < 4.78 is 23.5. The van der Waals surface area contributed by atoms with Gasteiger partial charge in [-0.2, -0.15) is 0 Å². The molecule has 10 atom stereocenters. The first-order valence-corrected chi connectivity index (χ1v) is 13.5. The van der Waals surface area contributed by atoms with Crippen LogP contribution in [0.4, 0.5) is 0 Å². The van der Waals surface area contributed by atoms with E-state index in [2.05, 4.69) is 0 Å². The molecule has 0 aromatic carbocycles. The fraction of sp³-hybridized carbons (Fsp3) is 0.926. The molecule has 9 heteroatoms. The summed E-state index contributed by atoms with van der Waals surface area (Å²) in [5, 5.41) is 36.4. The molecule has 3 N–H and O–H groups in total. The number of aliphatic hydroxyl groups is 3. The molecule has 0 radical (unpaired) electrons. The van der Waals surface area contributed by atoms with E-state index in [1.54, 1.807) is 6.92 Å². The summed E-state index contributed by atoms with van der Waals surface area (Å²) in [6.45, 7) is 9.11. The number of ether oxygens (including phenoxy) is 4. The van der Waals surface area contributed by atoms with Crippen LogP contribution in [0.3, 0.4) is 0 Å². The maximum Gasteiger partial charge on any atom is 0.309 e. The smallest absolute Gasteiger partial charge is 0.309 e. The van der Waals surface area contributed by atoms with E-state index in [1.807, 2.05) is 20.8 Å². The van der Waals surface area contributed by atoms with Crippen LogP contribution in [0.15, 0.2) is 0 Å². The minimum atomic E-state index is -1.31. The van der Waals surface area contributed by atoms with Gasteiger partial charge in [-0.25, -0.2) is 0 Å². The Balaban J connectivity index is 1.57. The van der Waals surface area contributed by atoms with Gasteiger partial charge in [0.05, 0.1) is 48.0 Å². The summed E-state index contributed by atoms with van der Waals surface area (Å²) in [4.78, 5) is 24.7. The standard InChI is InChI=1S/C27H42O9/c1-6-33-22(30)18-8-10-27(32)17-7-9-25(31)12-16(35-15(2)28)11-20-26(25,14-34-23(3,4)36-20)21(17)19(29)13-24(18,27)5/h16-21,29,31-32H,6-14H2,1-5H3/t16-,17-,18+,19-,20+,21-,24+,25+,26+,27+/m1/s1. The molecule has 5 aliphatic rings. The molecule has 0 unspecified atom stereocenters. The molecule has 0 aromatic heterocycles. The van der Waals surface area contributed by atoms with E-state index in [0.29, 0.717) is 32.1 Å². The highest BCUT2D eigenvalue weighted by Gasteiger charge is 2.77. The van der Waals surface area contributed by atoms with Gasteiger partial charge in [0.25, 0.3) is 0 Å². The molecule has 1 spiro atoms. The zero-order valence-electron chi connectivity index (χ0n) is 22.1. The highest BCUT2D eigenvalue weighted by atomic mass is 16.7. The van der Waals surface area contributed by atoms with Crippen molar-refractivity contribution in [2.24, 2.45) is 28.6 Å². The van der Waals surface area contributed by atoms with E-state index in [4.69, 9.17) is 18.9 Å². The number of esters is 2. The van der Waals surface area contributed by atoms with E-state index >= 15 is 0 Å². The molecule has 204 valence electrons. The predicted octanol–water partition coefficient (Wildman–Crippen LogP) is 2.08. The van der Waals surface area contributed by atoms with Crippen LogP contribution in [-0.2, 0) is 28.5 Å². The summed E-state index contributed by atoms with van der Waals surface area (Å²) in [5.74, 6) is -2.99. The van der Waals surface area contributed by atoms with Gasteiger partial charge in [0, 0.05) is 31.1 Å². The molecule has 0 aromatic rings. The Morgan fingerprint density at radius 3 is 2.47 bits per heavy atom. The molecule has 5 fully saturated rings. The second kappa shape index (κ2) is 8.37. The molecule has 9 nitrogen and oxygen atoms in total. The van der Waals surface area contributed by atoms with Crippen molar-refractivity contribution in [3.63, 3.8) is 0 Å². The molecule has 1 aliphatic heterocycles. The number of fused-ring (bicyclic) bond motifs is 3. The minimum Gasteiger partial charge on any atom is -0.466 e. The van der Waals surface area contributed by atoms with E-state index in [1.165, 1.54) is 6.92 Å². The third kappa shape index (κ3) is 3.45. The predicted molar refractivity (Wildman–Crippen MR) is 126 cm³/mol. The van der Waals surface area contributed by atoms with Crippen LogP contribution in [0.2, 0.25) is 0 Å². The third-order valence-corrected chi connectivity index (χ3v) is 10.6. The van der Waals surface area contributed by atoms with Gasteiger partial charge in [-0.3, -0.25) is 9.59 Å². The molecule has 5 rings (SSSR count). The molecule has 1 saturated heterocycles. The van der Waals surface area contributed by atoms with Crippen LogP contribution in [-0.4, -0.2) is 75.8 Å². The normalized spacial score (nSPS) is 51.2. The lowest BCUT2D eigenvalue weighted by atomic mass is 9.40. The van der Waals surface area contributed by atoms with Crippen LogP contribution in [0, 0.1) is 28.6 Å². The fourth-order valence-corrected chi connectivity index (χ4v) is 9.19. The largest absolute Gasteiger partial charge is 0.466 e. The topological polar surface area (TPSA) is 132 Å². The van der Waals surface area contributed by atoms with Crippen LogP contribution < -0.4 is 0 Å². The second-order valence-electron chi connectivity index (χ2n) is 12.7. The van der Waals surface area contributed by atoms with Gasteiger partial charge in [0.15, 0.2) is 5.79 Å². The molecule has 0 bridgehead atoms. The number of aliphatic hydroxyl groups excluding tert-OH is 1. The Morgan fingerprint density at radius 1 is 1.08 bits per heavy atom. The van der Waals surface area contributed by atoms with E-state index in [9.17, 15) is 24.9 Å². The lowest BCUT2D eigenvalue weighted by Gasteiger charge is -2.70. The minimum absolute atomic E-state index is 0.167. The Kier molecular flexibility index (Phi) is 6.13. The van der Waals surface area contributed by atoms with Crippen LogP contribution in [0.25, 0.3) is 0 Å². The van der Waals surface area contributed by atoms with Crippen molar-refractivity contribution in [2.75, 3.05) is 13.2 Å². The van der Waals surface area contributed by atoms with Crippen LogP contribution in [0.1, 0.15) is 79.6 Å². The number of rotatable bonds is 3. The lowest BCUT2D eigenvalue weighted by molar-refractivity contribution is -0.401. The number of hydrogen-bond donors (Lipinski definition) is 3. The first-order chi connectivity index (χ1) is 16.7. The van der Waals surface area contributed by atoms with Crippen LogP contribution in [0.5, 0.6) is 0 Å². The average molecular weight is 511 g/mol. The maximum absolute atomic E-state index is 12.9.